The normalized spacial score (nSPS) is 20.1. The number of rotatable bonds is 9. The third kappa shape index (κ3) is 8.50. The van der Waals surface area contributed by atoms with E-state index in [1.54, 1.807) is 20.8 Å². The molecule has 1 rings (SSSR count). The van der Waals surface area contributed by atoms with E-state index >= 15 is 0 Å². The van der Waals surface area contributed by atoms with E-state index in [0.29, 0.717) is 6.42 Å². The van der Waals surface area contributed by atoms with Crippen molar-refractivity contribution in [3.8, 4) is 0 Å². The Morgan fingerprint density at radius 3 is 2.26 bits per heavy atom. The number of unbranched alkanes of at least 4 members (excludes halogenated alkanes) is 1. The van der Waals surface area contributed by atoms with Crippen molar-refractivity contribution < 1.29 is 26.9 Å². The van der Waals surface area contributed by atoms with Crippen LogP contribution < -0.4 is 4.72 Å². The minimum absolute atomic E-state index is 0.0668. The number of alkyl halides is 3. The monoisotopic (exact) mass is 413 g/mol. The summed E-state index contributed by atoms with van der Waals surface area (Å²) in [5, 5.41) is 0. The quantitative estimate of drug-likeness (QED) is 0.432. The molecule has 0 aromatic carbocycles. The van der Waals surface area contributed by atoms with Crippen LogP contribution in [0.25, 0.3) is 0 Å². The summed E-state index contributed by atoms with van der Waals surface area (Å²) in [5.74, 6) is -2.15. The summed E-state index contributed by atoms with van der Waals surface area (Å²) in [7, 11) is -1.94. The number of esters is 1. The van der Waals surface area contributed by atoms with Gasteiger partial charge in [-0.25, -0.2) is 8.93 Å². The highest BCUT2D eigenvalue weighted by molar-refractivity contribution is 7.84. The molecule has 0 heterocycles. The van der Waals surface area contributed by atoms with E-state index in [2.05, 4.69) is 4.72 Å². The van der Waals surface area contributed by atoms with Gasteiger partial charge in [-0.15, -0.1) is 0 Å². The first-order valence-electron chi connectivity index (χ1n) is 9.88. The van der Waals surface area contributed by atoms with Gasteiger partial charge in [0.15, 0.2) is 0 Å². The number of hydrogen-bond acceptors (Lipinski definition) is 3. The number of hydrogen-bond donors (Lipinski definition) is 1. The van der Waals surface area contributed by atoms with Crippen molar-refractivity contribution in [1.82, 2.24) is 4.72 Å². The maximum atomic E-state index is 13.8. The van der Waals surface area contributed by atoms with Gasteiger partial charge in [0.1, 0.15) is 6.04 Å². The molecule has 1 N–H and O–H groups in total. The second-order valence-corrected chi connectivity index (χ2v) is 10.4. The Morgan fingerprint density at radius 2 is 1.78 bits per heavy atom. The molecule has 0 aromatic heterocycles. The molecule has 3 atom stereocenters. The zero-order chi connectivity index (χ0) is 20.7. The standard InChI is InChI=1S/C19H34F3NO3S/c1-5-6-12-26-17(24)15(13-14-10-8-7-9-11-14)16(19(20,21)22)23-27(25)18(2,3)4/h14-16,23H,5-13H2,1-4H3/t15-,16-,27-/m1/s1. The molecule has 0 unspecified atom stereocenters. The van der Waals surface area contributed by atoms with Gasteiger partial charge in [0, 0.05) is 0 Å². The van der Waals surface area contributed by atoms with Crippen molar-refractivity contribution in [2.45, 2.75) is 96.0 Å². The fourth-order valence-electron chi connectivity index (χ4n) is 3.24. The predicted octanol–water partition coefficient (Wildman–Crippen LogP) is 4.90. The van der Waals surface area contributed by atoms with Gasteiger partial charge in [-0.3, -0.25) is 4.79 Å². The van der Waals surface area contributed by atoms with E-state index in [1.165, 1.54) is 0 Å². The Kier molecular flexibility index (Phi) is 9.75. The maximum absolute atomic E-state index is 13.8. The average Bonchev–Trinajstić information content (AvgIpc) is 2.57. The van der Waals surface area contributed by atoms with Crippen LogP contribution in [0, 0.1) is 11.8 Å². The minimum Gasteiger partial charge on any atom is -0.465 e. The second kappa shape index (κ2) is 10.8. The number of ether oxygens (including phenoxy) is 1. The molecule has 1 saturated carbocycles. The third-order valence-electron chi connectivity index (χ3n) is 4.90. The Bertz CT molecular complexity index is 486. The van der Waals surface area contributed by atoms with E-state index in [4.69, 9.17) is 4.74 Å². The van der Waals surface area contributed by atoms with Crippen LogP contribution in [0.15, 0.2) is 0 Å². The average molecular weight is 414 g/mol. The molecule has 27 heavy (non-hydrogen) atoms. The first kappa shape index (κ1) is 24.4. The lowest BCUT2D eigenvalue weighted by Crippen LogP contribution is -2.54. The number of nitrogens with one attached hydrogen (secondary N) is 1. The van der Waals surface area contributed by atoms with Gasteiger partial charge in [-0.2, -0.15) is 13.2 Å². The first-order chi connectivity index (χ1) is 12.5. The van der Waals surface area contributed by atoms with E-state index < -0.39 is 39.8 Å². The summed E-state index contributed by atoms with van der Waals surface area (Å²) in [5.41, 5.74) is 0. The molecule has 1 aliphatic rings. The molecule has 1 aliphatic carbocycles. The van der Waals surface area contributed by atoms with Gasteiger partial charge in [-0.1, -0.05) is 45.4 Å². The van der Waals surface area contributed by atoms with E-state index in [1.807, 2.05) is 6.92 Å². The lowest BCUT2D eigenvalue weighted by atomic mass is 9.80. The van der Waals surface area contributed by atoms with Crippen LogP contribution in [-0.4, -0.2) is 33.8 Å². The second-order valence-electron chi connectivity index (χ2n) is 8.39. The summed E-state index contributed by atoms with van der Waals surface area (Å²) in [6.07, 6.45) is 1.50. The van der Waals surface area contributed by atoms with Crippen LogP contribution in [0.2, 0.25) is 0 Å². The van der Waals surface area contributed by atoms with E-state index in [-0.39, 0.29) is 18.9 Å². The van der Waals surface area contributed by atoms with Crippen molar-refractivity contribution >= 4 is 17.0 Å². The predicted molar refractivity (Wildman–Crippen MR) is 101 cm³/mol. The smallest absolute Gasteiger partial charge is 0.405 e. The van der Waals surface area contributed by atoms with Gasteiger partial charge in [0.2, 0.25) is 0 Å². The van der Waals surface area contributed by atoms with Crippen LogP contribution in [0.4, 0.5) is 13.2 Å². The van der Waals surface area contributed by atoms with Crippen molar-refractivity contribution in [3.63, 3.8) is 0 Å². The topological polar surface area (TPSA) is 55.4 Å². The molecule has 160 valence electrons. The highest BCUT2D eigenvalue weighted by atomic mass is 32.2. The molecule has 0 aromatic rings. The first-order valence-corrected chi connectivity index (χ1v) is 11.0. The van der Waals surface area contributed by atoms with Crippen LogP contribution >= 0.6 is 0 Å². The molecule has 0 aliphatic heterocycles. The molecule has 0 spiro atoms. The zero-order valence-electron chi connectivity index (χ0n) is 16.9. The third-order valence-corrected chi connectivity index (χ3v) is 6.48. The van der Waals surface area contributed by atoms with Gasteiger partial charge in [-0.05, 0) is 39.5 Å². The molecule has 0 amide bonds. The lowest BCUT2D eigenvalue weighted by molar-refractivity contribution is -0.180. The van der Waals surface area contributed by atoms with Crippen molar-refractivity contribution in [2.75, 3.05) is 6.61 Å². The largest absolute Gasteiger partial charge is 0.465 e. The van der Waals surface area contributed by atoms with Crippen molar-refractivity contribution in [2.24, 2.45) is 11.8 Å². The summed E-state index contributed by atoms with van der Waals surface area (Å²) in [6, 6.07) is -2.17. The Morgan fingerprint density at radius 1 is 1.19 bits per heavy atom. The fourth-order valence-corrected chi connectivity index (χ4v) is 4.13. The summed E-state index contributed by atoms with van der Waals surface area (Å²) in [6.45, 7) is 6.82. The highest BCUT2D eigenvalue weighted by Crippen LogP contribution is 2.36. The Hall–Kier alpha value is -0.630. The molecule has 4 nitrogen and oxygen atoms in total. The van der Waals surface area contributed by atoms with Crippen molar-refractivity contribution in [3.05, 3.63) is 0 Å². The van der Waals surface area contributed by atoms with Crippen LogP contribution in [0.5, 0.6) is 0 Å². The SMILES string of the molecule is CCCCOC(=O)[C@H](CC1CCCCC1)[C@@H](N[S@](=O)C(C)(C)C)C(F)(F)F. The molecular weight excluding hydrogens is 379 g/mol. The van der Waals surface area contributed by atoms with Crippen LogP contribution in [0.1, 0.15) is 79.1 Å². The van der Waals surface area contributed by atoms with E-state index in [0.717, 1.165) is 38.5 Å². The highest BCUT2D eigenvalue weighted by Gasteiger charge is 2.50. The summed E-state index contributed by atoms with van der Waals surface area (Å²) in [4.78, 5) is 12.5. The number of halogens is 3. The zero-order valence-corrected chi connectivity index (χ0v) is 17.7. The van der Waals surface area contributed by atoms with Crippen LogP contribution in [0.3, 0.4) is 0 Å². The summed E-state index contributed by atoms with van der Waals surface area (Å²) < 4.78 is 60.3. The molecule has 8 heteroatoms. The lowest BCUT2D eigenvalue weighted by Gasteiger charge is -2.33. The molecule has 0 saturated heterocycles. The van der Waals surface area contributed by atoms with Crippen molar-refractivity contribution in [1.29, 1.82) is 0 Å². The van der Waals surface area contributed by atoms with Gasteiger partial charge in [0.25, 0.3) is 0 Å². The maximum Gasteiger partial charge on any atom is 0.405 e. The van der Waals surface area contributed by atoms with Gasteiger partial charge < -0.3 is 4.74 Å². The van der Waals surface area contributed by atoms with Gasteiger partial charge in [0.05, 0.1) is 28.3 Å². The summed E-state index contributed by atoms with van der Waals surface area (Å²) >= 11 is 0. The molecule has 1 fully saturated rings. The molecular formula is C19H34F3NO3S. The fraction of sp³-hybridized carbons (Fsp3) is 0.947. The molecule has 0 radical (unpaired) electrons. The van der Waals surface area contributed by atoms with Gasteiger partial charge >= 0.3 is 12.1 Å². The number of carbonyl (C=O) groups is 1. The van der Waals surface area contributed by atoms with E-state index in [9.17, 15) is 22.2 Å². The Balaban J connectivity index is 3.03. The number of carbonyl (C=O) groups excluding carboxylic acids is 1. The van der Waals surface area contributed by atoms with Crippen LogP contribution in [-0.2, 0) is 20.5 Å². The minimum atomic E-state index is -4.69. The Labute approximate surface area is 163 Å². The molecule has 0 bridgehead atoms.